The van der Waals surface area contributed by atoms with Crippen LogP contribution in [0.5, 0.6) is 0 Å². The Bertz CT molecular complexity index is 524. The van der Waals surface area contributed by atoms with E-state index in [0.717, 1.165) is 25.0 Å². The van der Waals surface area contributed by atoms with E-state index in [2.05, 4.69) is 5.32 Å². The molecule has 0 aliphatic heterocycles. The van der Waals surface area contributed by atoms with Crippen LogP contribution in [-0.2, 0) is 6.18 Å². The zero-order valence-corrected chi connectivity index (χ0v) is 11.8. The van der Waals surface area contributed by atoms with E-state index < -0.39 is 17.6 Å². The summed E-state index contributed by atoms with van der Waals surface area (Å²) in [4.78, 5) is 12.1. The summed E-state index contributed by atoms with van der Waals surface area (Å²) in [5, 5.41) is 2.81. The number of anilines is 1. The summed E-state index contributed by atoms with van der Waals surface area (Å²) in [6.07, 6.45) is -0.551. The normalized spacial score (nSPS) is 16.6. The molecule has 1 aromatic carbocycles. The van der Waals surface area contributed by atoms with Gasteiger partial charge in [-0.25, -0.2) is 0 Å². The largest absolute Gasteiger partial charge is 0.418 e. The maximum atomic E-state index is 12.8. The van der Waals surface area contributed by atoms with E-state index in [1.807, 2.05) is 6.92 Å². The minimum absolute atomic E-state index is 0.00854. The molecule has 0 saturated heterocycles. The Balaban J connectivity index is 2.11. The molecular weight excluding hydrogens is 281 g/mol. The maximum absolute atomic E-state index is 12.8. The van der Waals surface area contributed by atoms with Crippen LogP contribution >= 0.6 is 0 Å². The summed E-state index contributed by atoms with van der Waals surface area (Å²) in [5.74, 6) is 0.167. The third-order valence-corrected chi connectivity index (χ3v) is 3.76. The average molecular weight is 300 g/mol. The zero-order chi connectivity index (χ0) is 15.6. The van der Waals surface area contributed by atoms with E-state index in [9.17, 15) is 18.0 Å². The Morgan fingerprint density at radius 3 is 2.62 bits per heavy atom. The molecule has 6 heteroatoms. The summed E-state index contributed by atoms with van der Waals surface area (Å²) >= 11 is 0. The lowest BCUT2D eigenvalue weighted by atomic mass is 10.0. The summed E-state index contributed by atoms with van der Waals surface area (Å²) in [7, 11) is 0. The first-order chi connectivity index (χ1) is 9.81. The van der Waals surface area contributed by atoms with Crippen LogP contribution < -0.4 is 11.1 Å². The summed E-state index contributed by atoms with van der Waals surface area (Å²) in [6.45, 7) is 1.96. The van der Waals surface area contributed by atoms with Crippen LogP contribution in [0.4, 0.5) is 18.9 Å². The van der Waals surface area contributed by atoms with Gasteiger partial charge < -0.3 is 11.1 Å². The van der Waals surface area contributed by atoms with Crippen LogP contribution in [0.2, 0.25) is 0 Å². The summed E-state index contributed by atoms with van der Waals surface area (Å²) in [5.41, 5.74) is 3.98. The van der Waals surface area contributed by atoms with Crippen molar-refractivity contribution in [1.82, 2.24) is 5.32 Å². The van der Waals surface area contributed by atoms with Gasteiger partial charge in [0.1, 0.15) is 0 Å². The SMILES string of the molecule is CCC(CC1CC1)NC(=O)c1ccc(N)c(C(F)(F)F)c1. The predicted octanol–water partition coefficient (Wildman–Crippen LogP) is 3.60. The number of benzene rings is 1. The van der Waals surface area contributed by atoms with Crippen LogP contribution in [0.1, 0.15) is 48.5 Å². The highest BCUT2D eigenvalue weighted by molar-refractivity contribution is 5.95. The molecule has 1 aliphatic carbocycles. The molecule has 0 aromatic heterocycles. The van der Waals surface area contributed by atoms with Crippen LogP contribution in [0.3, 0.4) is 0 Å². The molecule has 116 valence electrons. The molecule has 1 atom stereocenters. The van der Waals surface area contributed by atoms with E-state index in [-0.39, 0.29) is 17.3 Å². The van der Waals surface area contributed by atoms with Gasteiger partial charge in [0, 0.05) is 17.3 Å². The van der Waals surface area contributed by atoms with Gasteiger partial charge >= 0.3 is 6.18 Å². The van der Waals surface area contributed by atoms with Crippen molar-refractivity contribution in [3.63, 3.8) is 0 Å². The lowest BCUT2D eigenvalue weighted by molar-refractivity contribution is -0.136. The van der Waals surface area contributed by atoms with Crippen molar-refractivity contribution in [3.8, 4) is 0 Å². The zero-order valence-electron chi connectivity index (χ0n) is 11.8. The standard InChI is InChI=1S/C15H19F3N2O/c1-2-11(7-9-3-4-9)20-14(21)10-5-6-13(19)12(8-10)15(16,17)18/h5-6,8-9,11H,2-4,7,19H2,1H3,(H,20,21). The maximum Gasteiger partial charge on any atom is 0.418 e. The molecule has 1 amide bonds. The molecular formula is C15H19F3N2O. The van der Waals surface area contributed by atoms with Gasteiger partial charge in [-0.05, 0) is 37.0 Å². The van der Waals surface area contributed by atoms with Crippen LogP contribution in [-0.4, -0.2) is 11.9 Å². The molecule has 1 fully saturated rings. The number of nitrogen functional groups attached to an aromatic ring is 1. The molecule has 3 N–H and O–H groups in total. The monoisotopic (exact) mass is 300 g/mol. The van der Waals surface area contributed by atoms with E-state index >= 15 is 0 Å². The number of hydrogen-bond donors (Lipinski definition) is 2. The van der Waals surface area contributed by atoms with Crippen molar-refractivity contribution in [2.75, 3.05) is 5.73 Å². The Morgan fingerprint density at radius 1 is 1.43 bits per heavy atom. The van der Waals surface area contributed by atoms with Crippen molar-refractivity contribution in [1.29, 1.82) is 0 Å². The molecule has 0 bridgehead atoms. The van der Waals surface area contributed by atoms with Gasteiger partial charge in [-0.1, -0.05) is 19.8 Å². The Labute approximate surface area is 121 Å². The van der Waals surface area contributed by atoms with E-state index in [1.165, 1.54) is 18.9 Å². The van der Waals surface area contributed by atoms with Gasteiger partial charge in [0.25, 0.3) is 5.91 Å². The first-order valence-electron chi connectivity index (χ1n) is 7.08. The molecule has 0 spiro atoms. The van der Waals surface area contributed by atoms with Gasteiger partial charge in [0.05, 0.1) is 5.56 Å². The van der Waals surface area contributed by atoms with Crippen molar-refractivity contribution in [2.45, 2.75) is 44.8 Å². The second-order valence-corrected chi connectivity index (χ2v) is 5.56. The van der Waals surface area contributed by atoms with Crippen molar-refractivity contribution >= 4 is 11.6 Å². The highest BCUT2D eigenvalue weighted by Crippen LogP contribution is 2.35. The molecule has 1 aliphatic rings. The van der Waals surface area contributed by atoms with Crippen molar-refractivity contribution < 1.29 is 18.0 Å². The second kappa shape index (κ2) is 5.95. The number of carbonyl (C=O) groups excluding carboxylic acids is 1. The number of nitrogens with one attached hydrogen (secondary N) is 1. The number of carbonyl (C=O) groups is 1. The van der Waals surface area contributed by atoms with Gasteiger partial charge in [-0.2, -0.15) is 13.2 Å². The first kappa shape index (κ1) is 15.7. The van der Waals surface area contributed by atoms with E-state index in [4.69, 9.17) is 5.73 Å². The highest BCUT2D eigenvalue weighted by Gasteiger charge is 2.34. The number of rotatable bonds is 5. The lowest BCUT2D eigenvalue weighted by Crippen LogP contribution is -2.34. The van der Waals surface area contributed by atoms with Gasteiger partial charge in [0.2, 0.25) is 0 Å². The molecule has 3 nitrogen and oxygen atoms in total. The Hall–Kier alpha value is -1.72. The number of amides is 1. The van der Waals surface area contributed by atoms with Gasteiger partial charge in [-0.15, -0.1) is 0 Å². The van der Waals surface area contributed by atoms with Gasteiger partial charge in [0.15, 0.2) is 0 Å². The predicted molar refractivity (Wildman–Crippen MR) is 74.7 cm³/mol. The lowest BCUT2D eigenvalue weighted by Gasteiger charge is -2.17. The molecule has 2 rings (SSSR count). The Kier molecular flexibility index (Phi) is 4.44. The van der Waals surface area contributed by atoms with Crippen molar-refractivity contribution in [3.05, 3.63) is 29.3 Å². The molecule has 0 radical (unpaired) electrons. The number of nitrogens with two attached hydrogens (primary N) is 1. The average Bonchev–Trinajstić information content (AvgIpc) is 3.20. The summed E-state index contributed by atoms with van der Waals surface area (Å²) < 4.78 is 38.4. The molecule has 1 aromatic rings. The quantitative estimate of drug-likeness (QED) is 0.816. The fourth-order valence-corrected chi connectivity index (χ4v) is 2.30. The topological polar surface area (TPSA) is 55.1 Å². The van der Waals surface area contributed by atoms with Gasteiger partial charge in [-0.3, -0.25) is 4.79 Å². The van der Waals surface area contributed by atoms with E-state index in [1.54, 1.807) is 0 Å². The van der Waals surface area contributed by atoms with Crippen molar-refractivity contribution in [2.24, 2.45) is 5.92 Å². The summed E-state index contributed by atoms with van der Waals surface area (Å²) in [6, 6.07) is 3.27. The smallest absolute Gasteiger partial charge is 0.398 e. The van der Waals surface area contributed by atoms with Crippen LogP contribution in [0.25, 0.3) is 0 Å². The fourth-order valence-electron chi connectivity index (χ4n) is 2.30. The molecule has 1 saturated carbocycles. The van der Waals surface area contributed by atoms with E-state index in [0.29, 0.717) is 5.92 Å². The fraction of sp³-hybridized carbons (Fsp3) is 0.533. The number of alkyl halides is 3. The first-order valence-corrected chi connectivity index (χ1v) is 7.08. The molecule has 1 unspecified atom stereocenters. The van der Waals surface area contributed by atoms with Crippen LogP contribution in [0, 0.1) is 5.92 Å². The highest BCUT2D eigenvalue weighted by atomic mass is 19.4. The number of halogens is 3. The molecule has 0 heterocycles. The minimum atomic E-state index is -4.56. The Morgan fingerprint density at radius 2 is 2.10 bits per heavy atom. The number of hydrogen-bond acceptors (Lipinski definition) is 2. The third-order valence-electron chi connectivity index (χ3n) is 3.76. The molecule has 21 heavy (non-hydrogen) atoms. The van der Waals surface area contributed by atoms with Crippen LogP contribution in [0.15, 0.2) is 18.2 Å². The third kappa shape index (κ3) is 4.12. The second-order valence-electron chi connectivity index (χ2n) is 5.56. The minimum Gasteiger partial charge on any atom is -0.398 e.